The van der Waals surface area contributed by atoms with E-state index in [4.69, 9.17) is 4.74 Å². The zero-order valence-electron chi connectivity index (χ0n) is 13.1. The molecule has 0 saturated carbocycles. The lowest BCUT2D eigenvalue weighted by molar-refractivity contribution is 0.415. The Morgan fingerprint density at radius 2 is 1.91 bits per heavy atom. The number of hydrogen-bond donors (Lipinski definition) is 2. The molecule has 0 amide bonds. The van der Waals surface area contributed by atoms with E-state index in [2.05, 4.69) is 53.3 Å². The van der Waals surface area contributed by atoms with Crippen molar-refractivity contribution in [2.75, 3.05) is 14.2 Å². The molecule has 0 radical (unpaired) electrons. The average Bonchev–Trinajstić information content (AvgIpc) is 3.19. The van der Waals surface area contributed by atoms with Gasteiger partial charge in [0.25, 0.3) is 0 Å². The van der Waals surface area contributed by atoms with Gasteiger partial charge >= 0.3 is 0 Å². The smallest absolute Gasteiger partial charge is 0.120 e. The van der Waals surface area contributed by atoms with E-state index in [0.29, 0.717) is 5.92 Å². The molecular formula is C19H22N2O. The summed E-state index contributed by atoms with van der Waals surface area (Å²) in [6, 6.07) is 15.1. The molecule has 0 fully saturated rings. The van der Waals surface area contributed by atoms with Crippen molar-refractivity contribution in [3.63, 3.8) is 0 Å². The van der Waals surface area contributed by atoms with Crippen molar-refractivity contribution in [1.29, 1.82) is 0 Å². The Balaban J connectivity index is 0.000000693. The molecule has 3 heteroatoms. The molecule has 1 aliphatic carbocycles. The summed E-state index contributed by atoms with van der Waals surface area (Å²) < 4.78 is 5.29. The highest BCUT2D eigenvalue weighted by Gasteiger charge is 2.25. The van der Waals surface area contributed by atoms with Crippen LogP contribution < -0.4 is 10.5 Å². The van der Waals surface area contributed by atoms with Crippen molar-refractivity contribution in [3.05, 3.63) is 65.4 Å². The number of benzene rings is 2. The van der Waals surface area contributed by atoms with Crippen molar-refractivity contribution >= 4 is 10.9 Å². The van der Waals surface area contributed by atoms with Gasteiger partial charge in [0.1, 0.15) is 5.75 Å². The summed E-state index contributed by atoms with van der Waals surface area (Å²) in [4.78, 5) is 3.39. The van der Waals surface area contributed by atoms with Gasteiger partial charge in [0, 0.05) is 29.1 Å². The van der Waals surface area contributed by atoms with Gasteiger partial charge in [-0.1, -0.05) is 24.3 Å². The molecule has 3 N–H and O–H groups in total. The summed E-state index contributed by atoms with van der Waals surface area (Å²) in [5, 5.41) is 1.31. The molecule has 1 aromatic heterocycles. The predicted molar refractivity (Wildman–Crippen MR) is 91.6 cm³/mol. The molecule has 0 saturated heterocycles. The molecule has 3 nitrogen and oxygen atoms in total. The Hall–Kier alpha value is -2.26. The third-order valence-corrected chi connectivity index (χ3v) is 4.43. The van der Waals surface area contributed by atoms with Crippen LogP contribution in [0.1, 0.15) is 29.0 Å². The second kappa shape index (κ2) is 6.24. The van der Waals surface area contributed by atoms with Gasteiger partial charge in [-0.15, -0.1) is 0 Å². The number of aromatic nitrogens is 1. The van der Waals surface area contributed by atoms with Crippen molar-refractivity contribution in [1.82, 2.24) is 4.98 Å². The SMILES string of the molecule is CN.COc1ccc2c(C3CCc4ccccc43)c[nH]c2c1. The number of methoxy groups -OCH3 is 1. The highest BCUT2D eigenvalue weighted by Crippen LogP contribution is 2.41. The van der Waals surface area contributed by atoms with Crippen LogP contribution in [0.2, 0.25) is 0 Å². The standard InChI is InChI=1S/C18H17NO.CH5N/c1-20-13-7-9-16-17(11-19-18(16)10-13)15-8-6-12-4-2-3-5-14(12)15;1-2/h2-5,7,9-11,15,19H,6,8H2,1H3;2H2,1H3. The van der Waals surface area contributed by atoms with Crippen molar-refractivity contribution in [2.45, 2.75) is 18.8 Å². The van der Waals surface area contributed by atoms with E-state index >= 15 is 0 Å². The minimum atomic E-state index is 0.522. The molecule has 2 aromatic carbocycles. The summed E-state index contributed by atoms with van der Waals surface area (Å²) in [7, 11) is 3.21. The molecule has 0 aliphatic heterocycles. The number of rotatable bonds is 2. The van der Waals surface area contributed by atoms with E-state index in [9.17, 15) is 0 Å². The normalized spacial score (nSPS) is 16.0. The molecule has 0 bridgehead atoms. The fraction of sp³-hybridized carbons (Fsp3) is 0.263. The van der Waals surface area contributed by atoms with Crippen molar-refractivity contribution in [2.24, 2.45) is 5.73 Å². The molecule has 1 atom stereocenters. The van der Waals surface area contributed by atoms with Gasteiger partial charge in [-0.3, -0.25) is 0 Å². The summed E-state index contributed by atoms with van der Waals surface area (Å²) in [6.07, 6.45) is 4.55. The highest BCUT2D eigenvalue weighted by atomic mass is 16.5. The summed E-state index contributed by atoms with van der Waals surface area (Å²) >= 11 is 0. The van der Waals surface area contributed by atoms with Crippen LogP contribution in [0.4, 0.5) is 0 Å². The summed E-state index contributed by atoms with van der Waals surface area (Å²) in [5.74, 6) is 1.42. The van der Waals surface area contributed by atoms with E-state index in [1.54, 1.807) is 7.11 Å². The fourth-order valence-electron chi connectivity index (χ4n) is 3.42. The van der Waals surface area contributed by atoms with E-state index in [1.165, 1.54) is 42.0 Å². The number of aryl methyl sites for hydroxylation is 1. The van der Waals surface area contributed by atoms with Gasteiger partial charge in [-0.05, 0) is 48.7 Å². The minimum absolute atomic E-state index is 0.522. The molecule has 1 aliphatic rings. The maximum atomic E-state index is 5.29. The quantitative estimate of drug-likeness (QED) is 0.754. The zero-order valence-corrected chi connectivity index (χ0v) is 13.1. The van der Waals surface area contributed by atoms with Gasteiger partial charge in [0.05, 0.1) is 7.11 Å². The van der Waals surface area contributed by atoms with Crippen LogP contribution in [0.15, 0.2) is 48.7 Å². The number of H-pyrrole nitrogens is 1. The monoisotopic (exact) mass is 294 g/mol. The van der Waals surface area contributed by atoms with Gasteiger partial charge in [0.2, 0.25) is 0 Å². The summed E-state index contributed by atoms with van der Waals surface area (Å²) in [5.41, 5.74) is 10.1. The Morgan fingerprint density at radius 1 is 1.09 bits per heavy atom. The molecular weight excluding hydrogens is 272 g/mol. The predicted octanol–water partition coefficient (Wildman–Crippen LogP) is 3.83. The average molecular weight is 294 g/mol. The lowest BCUT2D eigenvalue weighted by Crippen LogP contribution is -1.94. The molecule has 1 unspecified atom stereocenters. The zero-order chi connectivity index (χ0) is 15.5. The second-order valence-electron chi connectivity index (χ2n) is 5.45. The number of aromatic amines is 1. The topological polar surface area (TPSA) is 51.0 Å². The highest BCUT2D eigenvalue weighted by molar-refractivity contribution is 5.85. The van der Waals surface area contributed by atoms with E-state index in [0.717, 1.165) is 11.3 Å². The Labute approximate surface area is 131 Å². The molecule has 22 heavy (non-hydrogen) atoms. The van der Waals surface area contributed by atoms with Crippen molar-refractivity contribution < 1.29 is 4.74 Å². The van der Waals surface area contributed by atoms with Gasteiger partial charge in [0.15, 0.2) is 0 Å². The maximum absolute atomic E-state index is 5.29. The molecule has 4 rings (SSSR count). The lowest BCUT2D eigenvalue weighted by Gasteiger charge is -2.11. The van der Waals surface area contributed by atoms with Crippen LogP contribution in [0.3, 0.4) is 0 Å². The first-order valence-corrected chi connectivity index (χ1v) is 7.67. The van der Waals surface area contributed by atoms with E-state index in [-0.39, 0.29) is 0 Å². The number of nitrogens with two attached hydrogens (primary N) is 1. The first kappa shape index (κ1) is 14.7. The Bertz CT molecular complexity index is 776. The first-order chi connectivity index (χ1) is 10.9. The van der Waals surface area contributed by atoms with Crippen LogP contribution in [0.5, 0.6) is 5.75 Å². The Morgan fingerprint density at radius 3 is 2.73 bits per heavy atom. The fourth-order valence-corrected chi connectivity index (χ4v) is 3.42. The van der Waals surface area contributed by atoms with Crippen LogP contribution in [-0.4, -0.2) is 19.1 Å². The minimum Gasteiger partial charge on any atom is -0.497 e. The number of fused-ring (bicyclic) bond motifs is 2. The second-order valence-corrected chi connectivity index (χ2v) is 5.45. The molecule has 1 heterocycles. The van der Waals surface area contributed by atoms with Crippen LogP contribution in [-0.2, 0) is 6.42 Å². The molecule has 3 aromatic rings. The van der Waals surface area contributed by atoms with Gasteiger partial charge < -0.3 is 15.5 Å². The van der Waals surface area contributed by atoms with Gasteiger partial charge in [-0.25, -0.2) is 0 Å². The van der Waals surface area contributed by atoms with Crippen LogP contribution in [0, 0.1) is 0 Å². The lowest BCUT2D eigenvalue weighted by atomic mass is 9.93. The van der Waals surface area contributed by atoms with Crippen LogP contribution in [0.25, 0.3) is 10.9 Å². The molecule has 114 valence electrons. The maximum Gasteiger partial charge on any atom is 0.120 e. The first-order valence-electron chi connectivity index (χ1n) is 7.67. The third kappa shape index (κ3) is 2.38. The van der Waals surface area contributed by atoms with Crippen LogP contribution >= 0.6 is 0 Å². The third-order valence-electron chi connectivity index (χ3n) is 4.43. The van der Waals surface area contributed by atoms with Gasteiger partial charge in [-0.2, -0.15) is 0 Å². The van der Waals surface area contributed by atoms with E-state index < -0.39 is 0 Å². The summed E-state index contributed by atoms with van der Waals surface area (Å²) in [6.45, 7) is 0. The largest absolute Gasteiger partial charge is 0.497 e. The Kier molecular flexibility index (Phi) is 4.16. The van der Waals surface area contributed by atoms with Crippen molar-refractivity contribution in [3.8, 4) is 5.75 Å². The number of ether oxygens (including phenoxy) is 1. The molecule has 0 spiro atoms. The number of nitrogens with one attached hydrogen (secondary N) is 1. The number of hydrogen-bond acceptors (Lipinski definition) is 2. The van der Waals surface area contributed by atoms with E-state index in [1.807, 2.05) is 6.07 Å².